The van der Waals surface area contributed by atoms with Gasteiger partial charge in [-0.15, -0.1) is 11.3 Å². The SMILES string of the molecule is CCOC(=O)Cc1csc(NC(=O)Cc2c(F)cccc2Cl)n1. The maximum absolute atomic E-state index is 13.6. The first-order chi connectivity index (χ1) is 11.0. The Labute approximate surface area is 141 Å². The van der Waals surface area contributed by atoms with Crippen molar-refractivity contribution in [2.75, 3.05) is 11.9 Å². The molecule has 0 spiro atoms. The summed E-state index contributed by atoms with van der Waals surface area (Å²) in [5.74, 6) is -1.35. The van der Waals surface area contributed by atoms with Gasteiger partial charge >= 0.3 is 5.97 Å². The van der Waals surface area contributed by atoms with Crippen molar-refractivity contribution >= 4 is 39.9 Å². The van der Waals surface area contributed by atoms with E-state index in [1.54, 1.807) is 12.3 Å². The van der Waals surface area contributed by atoms with Crippen LogP contribution in [0.1, 0.15) is 18.2 Å². The molecule has 122 valence electrons. The van der Waals surface area contributed by atoms with Gasteiger partial charge in [-0.25, -0.2) is 9.37 Å². The number of benzene rings is 1. The molecule has 1 aromatic carbocycles. The second-order valence-electron chi connectivity index (χ2n) is 4.55. The van der Waals surface area contributed by atoms with E-state index >= 15 is 0 Å². The minimum Gasteiger partial charge on any atom is -0.466 e. The van der Waals surface area contributed by atoms with Crippen molar-refractivity contribution in [3.63, 3.8) is 0 Å². The number of aromatic nitrogens is 1. The summed E-state index contributed by atoms with van der Waals surface area (Å²) >= 11 is 7.06. The highest BCUT2D eigenvalue weighted by atomic mass is 35.5. The second kappa shape index (κ2) is 8.03. The van der Waals surface area contributed by atoms with Crippen LogP contribution in [0.15, 0.2) is 23.6 Å². The smallest absolute Gasteiger partial charge is 0.311 e. The largest absolute Gasteiger partial charge is 0.466 e. The number of nitrogens with one attached hydrogen (secondary N) is 1. The van der Waals surface area contributed by atoms with Gasteiger partial charge in [-0.3, -0.25) is 9.59 Å². The van der Waals surface area contributed by atoms with Crippen molar-refractivity contribution in [3.8, 4) is 0 Å². The van der Waals surface area contributed by atoms with Crippen LogP contribution in [-0.4, -0.2) is 23.5 Å². The summed E-state index contributed by atoms with van der Waals surface area (Å²) < 4.78 is 18.5. The van der Waals surface area contributed by atoms with Crippen LogP contribution in [0.3, 0.4) is 0 Å². The molecule has 0 unspecified atom stereocenters. The molecule has 5 nitrogen and oxygen atoms in total. The molecule has 1 N–H and O–H groups in total. The highest BCUT2D eigenvalue weighted by Crippen LogP contribution is 2.21. The quantitative estimate of drug-likeness (QED) is 0.807. The maximum Gasteiger partial charge on any atom is 0.311 e. The normalized spacial score (nSPS) is 10.4. The van der Waals surface area contributed by atoms with Gasteiger partial charge in [-0.2, -0.15) is 0 Å². The third-order valence-corrected chi connectivity index (χ3v) is 3.99. The number of carbonyl (C=O) groups excluding carboxylic acids is 2. The second-order valence-corrected chi connectivity index (χ2v) is 5.82. The highest BCUT2D eigenvalue weighted by molar-refractivity contribution is 7.13. The lowest BCUT2D eigenvalue weighted by Gasteiger charge is -2.05. The number of halogens is 2. The van der Waals surface area contributed by atoms with Crippen LogP contribution in [0, 0.1) is 5.82 Å². The van der Waals surface area contributed by atoms with Crippen molar-refractivity contribution in [2.24, 2.45) is 0 Å². The van der Waals surface area contributed by atoms with Gasteiger partial charge in [-0.1, -0.05) is 17.7 Å². The number of carbonyl (C=O) groups is 2. The molecule has 2 rings (SSSR count). The molecule has 23 heavy (non-hydrogen) atoms. The standard InChI is InChI=1S/C15H14ClFN2O3S/c1-2-22-14(21)6-9-8-23-15(18-9)19-13(20)7-10-11(16)4-3-5-12(10)17/h3-5,8H,2,6-7H2,1H3,(H,18,19,20). The Morgan fingerprint density at radius 3 is 2.87 bits per heavy atom. The van der Waals surface area contributed by atoms with Crippen LogP contribution in [0.4, 0.5) is 9.52 Å². The Hall–Kier alpha value is -1.99. The molecule has 1 heterocycles. The number of hydrogen-bond donors (Lipinski definition) is 1. The fourth-order valence-electron chi connectivity index (χ4n) is 1.83. The van der Waals surface area contributed by atoms with Gasteiger partial charge in [0, 0.05) is 16.0 Å². The molecule has 0 atom stereocenters. The van der Waals surface area contributed by atoms with E-state index in [1.807, 2.05) is 0 Å². The van der Waals surface area contributed by atoms with Gasteiger partial charge < -0.3 is 10.1 Å². The van der Waals surface area contributed by atoms with Gasteiger partial charge in [-0.05, 0) is 19.1 Å². The van der Waals surface area contributed by atoms with E-state index in [9.17, 15) is 14.0 Å². The number of esters is 1. The van der Waals surface area contributed by atoms with Gasteiger partial charge in [0.2, 0.25) is 5.91 Å². The van der Waals surface area contributed by atoms with E-state index in [0.29, 0.717) is 17.4 Å². The van der Waals surface area contributed by atoms with Crippen LogP contribution in [0.2, 0.25) is 5.02 Å². The molecule has 1 aromatic heterocycles. The van der Waals surface area contributed by atoms with Crippen LogP contribution >= 0.6 is 22.9 Å². The zero-order valence-electron chi connectivity index (χ0n) is 12.3. The minimum atomic E-state index is -0.533. The molecular weight excluding hydrogens is 343 g/mol. The Morgan fingerprint density at radius 2 is 2.17 bits per heavy atom. The lowest BCUT2D eigenvalue weighted by atomic mass is 10.1. The van der Waals surface area contributed by atoms with Gasteiger partial charge in [0.15, 0.2) is 5.13 Å². The summed E-state index contributed by atoms with van der Waals surface area (Å²) in [4.78, 5) is 27.4. The van der Waals surface area contributed by atoms with E-state index in [2.05, 4.69) is 10.3 Å². The molecule has 0 aliphatic rings. The summed E-state index contributed by atoms with van der Waals surface area (Å²) in [5, 5.41) is 4.75. The number of hydrogen-bond acceptors (Lipinski definition) is 5. The minimum absolute atomic E-state index is 0.0410. The average Bonchev–Trinajstić information content (AvgIpc) is 2.90. The molecule has 0 aliphatic carbocycles. The number of ether oxygens (including phenoxy) is 1. The van der Waals surface area contributed by atoms with Gasteiger partial charge in [0.25, 0.3) is 0 Å². The molecule has 2 aromatic rings. The number of anilines is 1. The number of amides is 1. The third-order valence-electron chi connectivity index (χ3n) is 2.83. The fourth-order valence-corrected chi connectivity index (χ4v) is 2.79. The topological polar surface area (TPSA) is 68.3 Å². The van der Waals surface area contributed by atoms with Gasteiger partial charge in [0.1, 0.15) is 5.82 Å². The van der Waals surface area contributed by atoms with Crippen molar-refractivity contribution in [1.82, 2.24) is 4.98 Å². The molecule has 8 heteroatoms. The van der Waals surface area contributed by atoms with Gasteiger partial charge in [0.05, 0.1) is 25.1 Å². The van der Waals surface area contributed by atoms with Crippen molar-refractivity contribution in [1.29, 1.82) is 0 Å². The van der Waals surface area contributed by atoms with E-state index in [-0.39, 0.29) is 29.4 Å². The molecular formula is C15H14ClFN2O3S. The first-order valence-electron chi connectivity index (χ1n) is 6.82. The lowest BCUT2D eigenvalue weighted by molar-refractivity contribution is -0.142. The van der Waals surface area contributed by atoms with E-state index in [4.69, 9.17) is 16.3 Å². The fraction of sp³-hybridized carbons (Fsp3) is 0.267. The summed E-state index contributed by atoms with van der Waals surface area (Å²) in [5.41, 5.74) is 0.641. The monoisotopic (exact) mass is 356 g/mol. The summed E-state index contributed by atoms with van der Waals surface area (Å²) in [6.45, 7) is 2.02. The third kappa shape index (κ3) is 5.01. The Bertz CT molecular complexity index is 700. The summed E-state index contributed by atoms with van der Waals surface area (Å²) in [7, 11) is 0. The van der Waals surface area contributed by atoms with E-state index in [0.717, 1.165) is 0 Å². The van der Waals surface area contributed by atoms with Crippen LogP contribution in [-0.2, 0) is 27.2 Å². The Balaban J connectivity index is 1.96. The van der Waals surface area contributed by atoms with Crippen molar-refractivity contribution in [3.05, 3.63) is 45.7 Å². The lowest BCUT2D eigenvalue weighted by Crippen LogP contribution is -2.15. The highest BCUT2D eigenvalue weighted by Gasteiger charge is 2.14. The summed E-state index contributed by atoms with van der Waals surface area (Å²) in [6, 6.07) is 4.24. The van der Waals surface area contributed by atoms with Crippen molar-refractivity contribution in [2.45, 2.75) is 19.8 Å². The zero-order valence-corrected chi connectivity index (χ0v) is 13.8. The van der Waals surface area contributed by atoms with Crippen LogP contribution in [0.25, 0.3) is 0 Å². The molecule has 0 saturated heterocycles. The first-order valence-corrected chi connectivity index (χ1v) is 8.08. The molecule has 0 bridgehead atoms. The predicted molar refractivity (Wildman–Crippen MR) is 86.2 cm³/mol. The first kappa shape index (κ1) is 17.4. The predicted octanol–water partition coefficient (Wildman–Crippen LogP) is 3.22. The summed E-state index contributed by atoms with van der Waals surface area (Å²) in [6.07, 6.45) is -0.155. The van der Waals surface area contributed by atoms with Crippen molar-refractivity contribution < 1.29 is 18.7 Å². The zero-order chi connectivity index (χ0) is 16.8. The van der Waals surface area contributed by atoms with Crippen LogP contribution < -0.4 is 5.32 Å². The van der Waals surface area contributed by atoms with Crippen LogP contribution in [0.5, 0.6) is 0 Å². The molecule has 0 fully saturated rings. The molecule has 1 amide bonds. The Morgan fingerprint density at radius 1 is 1.39 bits per heavy atom. The van der Waals surface area contributed by atoms with E-state index in [1.165, 1.54) is 29.5 Å². The number of thiazole rings is 1. The Kier molecular flexibility index (Phi) is 6.06. The average molecular weight is 357 g/mol. The molecule has 0 aliphatic heterocycles. The molecule has 0 saturated carbocycles. The maximum atomic E-state index is 13.6. The molecule has 0 radical (unpaired) electrons. The number of nitrogens with zero attached hydrogens (tertiary/aromatic N) is 1. The van der Waals surface area contributed by atoms with E-state index < -0.39 is 11.7 Å². The number of rotatable bonds is 6.